The molecule has 2 N–H and O–H groups in total. The first-order chi connectivity index (χ1) is 15.1. The smallest absolute Gasteiger partial charge is 0.280 e. The minimum absolute atomic E-state index is 0.0997. The lowest BCUT2D eigenvalue weighted by atomic mass is 9.80. The highest BCUT2D eigenvalue weighted by molar-refractivity contribution is 5.69. The largest absolute Gasteiger partial charge is 0.497 e. The molecule has 0 aromatic heterocycles. The van der Waals surface area contributed by atoms with Crippen molar-refractivity contribution in [1.29, 1.82) is 0 Å². The average Bonchev–Trinajstić information content (AvgIpc) is 3.30. The number of piperidine rings is 1. The van der Waals surface area contributed by atoms with E-state index in [4.69, 9.17) is 19.9 Å². The summed E-state index contributed by atoms with van der Waals surface area (Å²) in [7, 11) is 1.64. The summed E-state index contributed by atoms with van der Waals surface area (Å²) in [5, 5.41) is 0. The summed E-state index contributed by atoms with van der Waals surface area (Å²) >= 11 is 0. The van der Waals surface area contributed by atoms with Crippen molar-refractivity contribution >= 4 is 0 Å². The van der Waals surface area contributed by atoms with Crippen LogP contribution in [-0.4, -0.2) is 37.7 Å². The van der Waals surface area contributed by atoms with Gasteiger partial charge in [-0.15, -0.1) is 0 Å². The van der Waals surface area contributed by atoms with E-state index in [1.165, 1.54) is 6.07 Å². The molecule has 0 saturated carbocycles. The van der Waals surface area contributed by atoms with Gasteiger partial charge in [0.1, 0.15) is 24.1 Å². The number of ether oxygens (including phenoxy) is 3. The van der Waals surface area contributed by atoms with Crippen molar-refractivity contribution in [3.05, 3.63) is 66.4 Å². The van der Waals surface area contributed by atoms with Gasteiger partial charge in [0.15, 0.2) is 0 Å². The van der Waals surface area contributed by atoms with Gasteiger partial charge in [0, 0.05) is 17.5 Å². The lowest BCUT2D eigenvalue weighted by molar-refractivity contribution is -0.201. The minimum atomic E-state index is -1.03. The van der Waals surface area contributed by atoms with Crippen LogP contribution in [0.2, 0.25) is 0 Å². The Hall–Kier alpha value is -2.57. The number of halogens is 1. The number of benzene rings is 2. The van der Waals surface area contributed by atoms with Crippen LogP contribution >= 0.6 is 0 Å². The number of hydrogen-bond acceptors (Lipinski definition) is 5. The van der Waals surface area contributed by atoms with Crippen molar-refractivity contribution in [3.63, 3.8) is 0 Å². The summed E-state index contributed by atoms with van der Waals surface area (Å²) in [5.41, 5.74) is 8.32. The number of rotatable bonds is 7. The van der Waals surface area contributed by atoms with E-state index < -0.39 is 5.79 Å². The fourth-order valence-electron chi connectivity index (χ4n) is 4.80. The standard InChI is InChI=1S/C25H31FN2O3/c1-18(9-12-27)28-13-10-20(11-14-28)25(30-15-16-31-25)24-17-21(26)5-8-23(24)19-3-6-22(29-2)7-4-19/h3-8,15-18,20H,9-14,27H2,1-2H3. The zero-order valence-electron chi connectivity index (χ0n) is 18.2. The van der Waals surface area contributed by atoms with Crippen molar-refractivity contribution in [2.45, 2.75) is 38.0 Å². The molecule has 2 aromatic rings. The zero-order valence-corrected chi connectivity index (χ0v) is 18.2. The van der Waals surface area contributed by atoms with Crippen LogP contribution in [0.1, 0.15) is 31.7 Å². The lowest BCUT2D eigenvalue weighted by Gasteiger charge is -2.43. The van der Waals surface area contributed by atoms with E-state index in [1.54, 1.807) is 31.8 Å². The Morgan fingerprint density at radius 1 is 1.13 bits per heavy atom. The SMILES string of the molecule is COc1ccc(-c2ccc(F)cc2C2(C3CCN(C(C)CCN)CC3)OC=CO2)cc1. The minimum Gasteiger partial charge on any atom is -0.497 e. The van der Waals surface area contributed by atoms with Crippen LogP contribution in [0.5, 0.6) is 5.75 Å². The molecule has 1 unspecified atom stereocenters. The normalized spacial score (nSPS) is 19.6. The predicted molar refractivity (Wildman–Crippen MR) is 119 cm³/mol. The fourth-order valence-corrected chi connectivity index (χ4v) is 4.80. The van der Waals surface area contributed by atoms with Crippen molar-refractivity contribution in [2.24, 2.45) is 11.7 Å². The van der Waals surface area contributed by atoms with E-state index in [1.807, 2.05) is 24.3 Å². The zero-order chi connectivity index (χ0) is 21.8. The monoisotopic (exact) mass is 426 g/mol. The maximum atomic E-state index is 14.5. The Labute approximate surface area is 183 Å². The molecular weight excluding hydrogens is 395 g/mol. The molecule has 0 amide bonds. The second-order valence-electron chi connectivity index (χ2n) is 8.33. The van der Waals surface area contributed by atoms with Gasteiger partial charge in [-0.05, 0) is 81.2 Å². The van der Waals surface area contributed by atoms with Crippen molar-refractivity contribution < 1.29 is 18.6 Å². The molecule has 1 atom stereocenters. The molecule has 0 radical (unpaired) electrons. The summed E-state index contributed by atoms with van der Waals surface area (Å²) in [6, 6.07) is 13.0. The molecule has 166 valence electrons. The maximum Gasteiger partial charge on any atom is 0.280 e. The van der Waals surface area contributed by atoms with Gasteiger partial charge in [-0.1, -0.05) is 18.2 Å². The maximum absolute atomic E-state index is 14.5. The van der Waals surface area contributed by atoms with Gasteiger partial charge in [0.25, 0.3) is 5.79 Å². The molecule has 1 fully saturated rings. The van der Waals surface area contributed by atoms with Crippen LogP contribution in [0.3, 0.4) is 0 Å². The van der Waals surface area contributed by atoms with Crippen LogP contribution in [0.4, 0.5) is 4.39 Å². The predicted octanol–water partition coefficient (Wildman–Crippen LogP) is 4.62. The third-order valence-electron chi connectivity index (χ3n) is 6.57. The quantitative estimate of drug-likeness (QED) is 0.700. The molecular formula is C25H31FN2O3. The first kappa shape index (κ1) is 21.7. The van der Waals surface area contributed by atoms with Gasteiger partial charge < -0.3 is 24.8 Å². The fraction of sp³-hybridized carbons (Fsp3) is 0.440. The molecule has 31 heavy (non-hydrogen) atoms. The highest BCUT2D eigenvalue weighted by atomic mass is 19.1. The van der Waals surface area contributed by atoms with E-state index in [2.05, 4.69) is 11.8 Å². The van der Waals surface area contributed by atoms with Gasteiger partial charge in [-0.25, -0.2) is 4.39 Å². The Balaban J connectivity index is 1.66. The second-order valence-corrected chi connectivity index (χ2v) is 8.33. The topological polar surface area (TPSA) is 57.0 Å². The van der Waals surface area contributed by atoms with Crippen LogP contribution in [0, 0.1) is 11.7 Å². The van der Waals surface area contributed by atoms with Crippen molar-refractivity contribution in [1.82, 2.24) is 4.90 Å². The van der Waals surface area contributed by atoms with E-state index in [-0.39, 0.29) is 11.7 Å². The van der Waals surface area contributed by atoms with Crippen molar-refractivity contribution in [3.8, 4) is 16.9 Å². The van der Waals surface area contributed by atoms with Crippen LogP contribution < -0.4 is 10.5 Å². The van der Waals surface area contributed by atoms with Gasteiger partial charge in [-0.2, -0.15) is 0 Å². The Bertz CT molecular complexity index is 899. The first-order valence-corrected chi connectivity index (χ1v) is 11.0. The number of methoxy groups -OCH3 is 1. The highest BCUT2D eigenvalue weighted by Crippen LogP contribution is 2.47. The lowest BCUT2D eigenvalue weighted by Crippen LogP contribution is -2.47. The van der Waals surface area contributed by atoms with Crippen LogP contribution in [-0.2, 0) is 15.3 Å². The summed E-state index contributed by atoms with van der Waals surface area (Å²) < 4.78 is 32.0. The molecule has 1 saturated heterocycles. The Morgan fingerprint density at radius 2 is 1.81 bits per heavy atom. The van der Waals surface area contributed by atoms with E-state index in [9.17, 15) is 4.39 Å². The molecule has 2 aromatic carbocycles. The molecule has 2 aliphatic rings. The summed E-state index contributed by atoms with van der Waals surface area (Å²) in [4.78, 5) is 2.47. The molecule has 0 spiro atoms. The molecule has 2 heterocycles. The number of hydrogen-bond donors (Lipinski definition) is 1. The molecule has 4 rings (SSSR count). The third kappa shape index (κ3) is 4.27. The Kier molecular flexibility index (Phi) is 6.49. The molecule has 0 bridgehead atoms. The van der Waals surface area contributed by atoms with E-state index in [0.717, 1.165) is 54.8 Å². The summed E-state index contributed by atoms with van der Waals surface area (Å²) in [6.07, 6.45) is 5.93. The summed E-state index contributed by atoms with van der Waals surface area (Å²) in [6.45, 7) is 4.79. The van der Waals surface area contributed by atoms with Gasteiger partial charge in [-0.3, -0.25) is 0 Å². The Morgan fingerprint density at radius 3 is 2.42 bits per heavy atom. The van der Waals surface area contributed by atoms with Gasteiger partial charge >= 0.3 is 0 Å². The molecule has 5 nitrogen and oxygen atoms in total. The van der Waals surface area contributed by atoms with Gasteiger partial charge in [0.2, 0.25) is 0 Å². The third-order valence-corrected chi connectivity index (χ3v) is 6.57. The number of nitrogens with zero attached hydrogens (tertiary/aromatic N) is 1. The molecule has 6 heteroatoms. The van der Waals surface area contributed by atoms with Crippen molar-refractivity contribution in [2.75, 3.05) is 26.7 Å². The second kappa shape index (κ2) is 9.28. The molecule has 2 aliphatic heterocycles. The average molecular weight is 427 g/mol. The summed E-state index contributed by atoms with van der Waals surface area (Å²) in [5.74, 6) is -0.459. The molecule has 0 aliphatic carbocycles. The number of nitrogens with two attached hydrogens (primary N) is 1. The highest BCUT2D eigenvalue weighted by Gasteiger charge is 2.49. The van der Waals surface area contributed by atoms with Crippen LogP contribution in [0.25, 0.3) is 11.1 Å². The first-order valence-electron chi connectivity index (χ1n) is 11.0. The van der Waals surface area contributed by atoms with E-state index >= 15 is 0 Å². The number of likely N-dealkylation sites (tertiary alicyclic amines) is 1. The van der Waals surface area contributed by atoms with E-state index in [0.29, 0.717) is 12.6 Å². The van der Waals surface area contributed by atoms with Crippen LogP contribution in [0.15, 0.2) is 55.0 Å². The van der Waals surface area contributed by atoms with Gasteiger partial charge in [0.05, 0.1) is 7.11 Å².